The van der Waals surface area contributed by atoms with E-state index in [0.29, 0.717) is 12.8 Å². The maximum absolute atomic E-state index is 12.3. The Balaban J connectivity index is 1.84. The SMILES string of the molecule is CC(CN1CCOCC1)NC(=O)C1CC=CCC1C(=O)O. The average Bonchev–Trinajstić information content (AvgIpc) is 2.48. The van der Waals surface area contributed by atoms with E-state index in [1.807, 2.05) is 19.1 Å². The fraction of sp³-hybridized carbons (Fsp3) is 0.733. The van der Waals surface area contributed by atoms with Crippen LogP contribution in [0.2, 0.25) is 0 Å². The number of amides is 1. The van der Waals surface area contributed by atoms with Crippen molar-refractivity contribution in [3.8, 4) is 0 Å². The Morgan fingerprint density at radius 3 is 2.52 bits per heavy atom. The molecule has 0 aromatic carbocycles. The van der Waals surface area contributed by atoms with E-state index in [0.717, 1.165) is 32.8 Å². The summed E-state index contributed by atoms with van der Waals surface area (Å²) in [6.45, 7) is 5.95. The van der Waals surface area contributed by atoms with Crippen LogP contribution in [-0.2, 0) is 14.3 Å². The second-order valence-corrected chi connectivity index (χ2v) is 5.82. The van der Waals surface area contributed by atoms with Gasteiger partial charge in [0.25, 0.3) is 0 Å². The monoisotopic (exact) mass is 296 g/mol. The highest BCUT2D eigenvalue weighted by Crippen LogP contribution is 2.26. The zero-order chi connectivity index (χ0) is 15.2. The van der Waals surface area contributed by atoms with E-state index in [9.17, 15) is 14.7 Å². The van der Waals surface area contributed by atoms with E-state index in [1.165, 1.54) is 0 Å². The molecule has 0 radical (unpaired) electrons. The zero-order valence-corrected chi connectivity index (χ0v) is 12.5. The van der Waals surface area contributed by atoms with Crippen LogP contribution in [0.1, 0.15) is 19.8 Å². The van der Waals surface area contributed by atoms with Gasteiger partial charge in [0.05, 0.1) is 25.0 Å². The predicted octanol–water partition coefficient (Wildman–Crippen LogP) is 0.490. The number of hydrogen-bond acceptors (Lipinski definition) is 4. The Kier molecular flexibility index (Phi) is 5.76. The summed E-state index contributed by atoms with van der Waals surface area (Å²) in [4.78, 5) is 25.8. The molecule has 0 aromatic rings. The van der Waals surface area contributed by atoms with Crippen LogP contribution in [0, 0.1) is 11.8 Å². The topological polar surface area (TPSA) is 78.9 Å². The number of carboxylic acid groups (broad SMARTS) is 1. The van der Waals surface area contributed by atoms with Crippen molar-refractivity contribution < 1.29 is 19.4 Å². The smallest absolute Gasteiger partial charge is 0.307 e. The summed E-state index contributed by atoms with van der Waals surface area (Å²) in [6.07, 6.45) is 4.69. The molecular formula is C15H24N2O4. The number of ether oxygens (including phenoxy) is 1. The molecule has 118 valence electrons. The molecule has 0 aromatic heterocycles. The molecule has 1 fully saturated rings. The average molecular weight is 296 g/mol. The van der Waals surface area contributed by atoms with E-state index in [-0.39, 0.29) is 11.9 Å². The first-order valence-electron chi connectivity index (χ1n) is 7.56. The third kappa shape index (κ3) is 4.54. The minimum absolute atomic E-state index is 0.0101. The quantitative estimate of drug-likeness (QED) is 0.722. The Morgan fingerprint density at radius 1 is 1.29 bits per heavy atom. The van der Waals surface area contributed by atoms with E-state index in [2.05, 4.69) is 10.2 Å². The minimum atomic E-state index is -0.889. The highest BCUT2D eigenvalue weighted by molar-refractivity contribution is 5.85. The molecule has 2 aliphatic rings. The number of rotatable bonds is 5. The molecule has 1 aliphatic heterocycles. The Hall–Kier alpha value is -1.40. The third-order valence-corrected chi connectivity index (χ3v) is 4.11. The number of hydrogen-bond donors (Lipinski definition) is 2. The predicted molar refractivity (Wildman–Crippen MR) is 77.9 cm³/mol. The van der Waals surface area contributed by atoms with Crippen molar-refractivity contribution in [3.05, 3.63) is 12.2 Å². The van der Waals surface area contributed by atoms with E-state index in [1.54, 1.807) is 0 Å². The van der Waals surface area contributed by atoms with Gasteiger partial charge in [0.1, 0.15) is 0 Å². The first-order chi connectivity index (χ1) is 10.1. The van der Waals surface area contributed by atoms with Gasteiger partial charge in [-0.25, -0.2) is 0 Å². The second-order valence-electron chi connectivity index (χ2n) is 5.82. The standard InChI is InChI=1S/C15H24N2O4/c1-11(10-17-6-8-21-9-7-17)16-14(18)12-4-2-3-5-13(12)15(19)20/h2-3,11-13H,4-10H2,1H3,(H,16,18)(H,19,20). The van der Waals surface area contributed by atoms with Crippen molar-refractivity contribution in [2.24, 2.45) is 11.8 Å². The molecule has 6 nitrogen and oxygen atoms in total. The number of carbonyl (C=O) groups excluding carboxylic acids is 1. The first-order valence-corrected chi connectivity index (χ1v) is 7.56. The molecule has 3 atom stereocenters. The Labute approximate surface area is 125 Å². The normalized spacial score (nSPS) is 28.0. The Bertz CT molecular complexity index is 404. The molecule has 21 heavy (non-hydrogen) atoms. The van der Waals surface area contributed by atoms with Gasteiger partial charge in [0.2, 0.25) is 5.91 Å². The van der Waals surface area contributed by atoms with Gasteiger partial charge in [0.15, 0.2) is 0 Å². The minimum Gasteiger partial charge on any atom is -0.481 e. The third-order valence-electron chi connectivity index (χ3n) is 4.11. The lowest BCUT2D eigenvalue weighted by Crippen LogP contribution is -2.48. The summed E-state index contributed by atoms with van der Waals surface area (Å²) >= 11 is 0. The molecule has 1 aliphatic carbocycles. The molecule has 0 saturated carbocycles. The fourth-order valence-corrected chi connectivity index (χ4v) is 2.94. The summed E-state index contributed by atoms with van der Waals surface area (Å²) in [6, 6.07) is 0.0101. The summed E-state index contributed by atoms with van der Waals surface area (Å²) in [5.41, 5.74) is 0. The molecule has 6 heteroatoms. The summed E-state index contributed by atoms with van der Waals surface area (Å²) in [7, 11) is 0. The lowest BCUT2D eigenvalue weighted by atomic mass is 9.82. The van der Waals surface area contributed by atoms with Crippen molar-refractivity contribution in [3.63, 3.8) is 0 Å². The van der Waals surface area contributed by atoms with Gasteiger partial charge < -0.3 is 15.2 Å². The van der Waals surface area contributed by atoms with Crippen molar-refractivity contribution in [1.29, 1.82) is 0 Å². The molecule has 1 saturated heterocycles. The highest BCUT2D eigenvalue weighted by Gasteiger charge is 2.34. The molecule has 2 N–H and O–H groups in total. The number of carbonyl (C=O) groups is 2. The van der Waals surface area contributed by atoms with Gasteiger partial charge in [0, 0.05) is 25.7 Å². The molecular weight excluding hydrogens is 272 g/mol. The van der Waals surface area contributed by atoms with Crippen LogP contribution in [0.3, 0.4) is 0 Å². The number of aliphatic carboxylic acids is 1. The number of morpholine rings is 1. The van der Waals surface area contributed by atoms with Crippen molar-refractivity contribution in [2.45, 2.75) is 25.8 Å². The number of allylic oxidation sites excluding steroid dienone is 2. The fourth-order valence-electron chi connectivity index (χ4n) is 2.94. The van der Waals surface area contributed by atoms with E-state index < -0.39 is 17.8 Å². The van der Waals surface area contributed by atoms with Crippen molar-refractivity contribution in [2.75, 3.05) is 32.8 Å². The first kappa shape index (κ1) is 16.0. The number of carboxylic acids is 1. The Morgan fingerprint density at radius 2 is 1.90 bits per heavy atom. The molecule has 1 heterocycles. The molecule has 1 amide bonds. The van der Waals surface area contributed by atoms with Gasteiger partial charge in [-0.05, 0) is 19.8 Å². The van der Waals surface area contributed by atoms with Crippen LogP contribution in [0.15, 0.2) is 12.2 Å². The van der Waals surface area contributed by atoms with Crippen molar-refractivity contribution in [1.82, 2.24) is 10.2 Å². The van der Waals surface area contributed by atoms with Gasteiger partial charge >= 0.3 is 5.97 Å². The van der Waals surface area contributed by atoms with Crippen LogP contribution >= 0.6 is 0 Å². The molecule has 0 bridgehead atoms. The van der Waals surface area contributed by atoms with Crippen LogP contribution in [0.5, 0.6) is 0 Å². The summed E-state index contributed by atoms with van der Waals surface area (Å²) in [5.74, 6) is -2.10. The van der Waals surface area contributed by atoms with E-state index in [4.69, 9.17) is 4.74 Å². The van der Waals surface area contributed by atoms with Gasteiger partial charge in [-0.15, -0.1) is 0 Å². The summed E-state index contributed by atoms with van der Waals surface area (Å²) in [5, 5.41) is 12.2. The van der Waals surface area contributed by atoms with Gasteiger partial charge in [-0.2, -0.15) is 0 Å². The van der Waals surface area contributed by atoms with Crippen molar-refractivity contribution >= 4 is 11.9 Å². The maximum Gasteiger partial charge on any atom is 0.307 e. The molecule has 2 rings (SSSR count). The lowest BCUT2D eigenvalue weighted by molar-refractivity contribution is -0.147. The van der Waals surface area contributed by atoms with Gasteiger partial charge in [-0.3, -0.25) is 14.5 Å². The van der Waals surface area contributed by atoms with E-state index >= 15 is 0 Å². The summed E-state index contributed by atoms with van der Waals surface area (Å²) < 4.78 is 5.30. The highest BCUT2D eigenvalue weighted by atomic mass is 16.5. The number of nitrogens with one attached hydrogen (secondary N) is 1. The van der Waals surface area contributed by atoms with Crippen LogP contribution in [0.25, 0.3) is 0 Å². The number of nitrogens with zero attached hydrogens (tertiary/aromatic N) is 1. The largest absolute Gasteiger partial charge is 0.481 e. The lowest BCUT2D eigenvalue weighted by Gasteiger charge is -2.31. The van der Waals surface area contributed by atoms with Crippen LogP contribution < -0.4 is 5.32 Å². The molecule has 3 unspecified atom stereocenters. The zero-order valence-electron chi connectivity index (χ0n) is 12.5. The van der Waals surface area contributed by atoms with Crippen LogP contribution in [-0.4, -0.2) is 60.8 Å². The second kappa shape index (κ2) is 7.56. The van der Waals surface area contributed by atoms with Gasteiger partial charge in [-0.1, -0.05) is 12.2 Å². The maximum atomic E-state index is 12.3. The molecule has 0 spiro atoms. The van der Waals surface area contributed by atoms with Crippen LogP contribution in [0.4, 0.5) is 0 Å².